The fourth-order valence-electron chi connectivity index (χ4n) is 3.34. The second kappa shape index (κ2) is 4.90. The molecule has 2 heterocycles. The van der Waals surface area contributed by atoms with Gasteiger partial charge in [0.15, 0.2) is 0 Å². The molecule has 1 amide bonds. The van der Waals surface area contributed by atoms with Crippen molar-refractivity contribution in [3.8, 4) is 5.75 Å². The first kappa shape index (κ1) is 15.2. The lowest BCUT2D eigenvalue weighted by molar-refractivity contribution is -0.00223. The zero-order valence-electron chi connectivity index (χ0n) is 14.1. The summed E-state index contributed by atoms with van der Waals surface area (Å²) in [5.74, 6) is 0.971. The number of fused-ring (bicyclic) bond motifs is 3. The maximum Gasteiger partial charge on any atom is 0.410 e. The monoisotopic (exact) mass is 303 g/mol. The average Bonchev–Trinajstić information content (AvgIpc) is 2.67. The zero-order valence-corrected chi connectivity index (χ0v) is 14.1. The minimum atomic E-state index is -0.464. The third kappa shape index (κ3) is 2.55. The SMILES string of the molecule is Cc1ccc2c(c1)OC1CN(C(=O)OC(C)(C)C)CCC21C. The number of aryl methyl sites for hydroxylation is 1. The maximum absolute atomic E-state index is 12.3. The molecule has 4 heteroatoms. The number of piperidine rings is 1. The van der Waals surface area contributed by atoms with E-state index in [0.717, 1.165) is 12.2 Å². The molecule has 0 aromatic heterocycles. The molecule has 1 fully saturated rings. The molecular formula is C18H25NO3. The van der Waals surface area contributed by atoms with Gasteiger partial charge in [-0.2, -0.15) is 0 Å². The normalized spacial score (nSPS) is 27.0. The molecule has 0 spiro atoms. The molecule has 0 bridgehead atoms. The predicted octanol–water partition coefficient (Wildman–Crippen LogP) is 3.65. The Morgan fingerprint density at radius 2 is 2.14 bits per heavy atom. The first-order valence-corrected chi connectivity index (χ1v) is 7.95. The molecule has 3 rings (SSSR count). The van der Waals surface area contributed by atoms with Crippen LogP contribution < -0.4 is 4.74 Å². The summed E-state index contributed by atoms with van der Waals surface area (Å²) in [4.78, 5) is 14.1. The van der Waals surface area contributed by atoms with Gasteiger partial charge in [0.2, 0.25) is 0 Å². The van der Waals surface area contributed by atoms with Gasteiger partial charge in [-0.3, -0.25) is 0 Å². The highest BCUT2D eigenvalue weighted by Gasteiger charge is 2.49. The third-order valence-electron chi connectivity index (χ3n) is 4.67. The fraction of sp³-hybridized carbons (Fsp3) is 0.611. The van der Waals surface area contributed by atoms with Gasteiger partial charge in [-0.1, -0.05) is 19.1 Å². The highest BCUT2D eigenvalue weighted by molar-refractivity contribution is 5.68. The second-order valence-corrected chi connectivity index (χ2v) is 7.70. The molecule has 2 atom stereocenters. The maximum atomic E-state index is 12.3. The number of rotatable bonds is 0. The number of likely N-dealkylation sites (tertiary alicyclic amines) is 1. The Hall–Kier alpha value is -1.71. The first-order chi connectivity index (χ1) is 10.2. The lowest BCUT2D eigenvalue weighted by Gasteiger charge is -2.41. The zero-order chi connectivity index (χ0) is 16.1. The van der Waals surface area contributed by atoms with Crippen LogP contribution in [0.5, 0.6) is 5.75 Å². The minimum absolute atomic E-state index is 0.00516. The van der Waals surface area contributed by atoms with Gasteiger partial charge in [0.1, 0.15) is 17.5 Å². The molecule has 0 N–H and O–H groups in total. The van der Waals surface area contributed by atoms with Crippen molar-refractivity contribution in [2.45, 2.75) is 58.2 Å². The van der Waals surface area contributed by atoms with Crippen LogP contribution in [0.3, 0.4) is 0 Å². The molecule has 120 valence electrons. The third-order valence-corrected chi connectivity index (χ3v) is 4.67. The van der Waals surface area contributed by atoms with Crippen molar-refractivity contribution >= 4 is 6.09 Å². The summed E-state index contributed by atoms with van der Waals surface area (Å²) < 4.78 is 11.6. The molecule has 22 heavy (non-hydrogen) atoms. The van der Waals surface area contributed by atoms with E-state index in [9.17, 15) is 4.79 Å². The van der Waals surface area contributed by atoms with E-state index in [1.54, 1.807) is 4.90 Å². The molecular weight excluding hydrogens is 278 g/mol. The Morgan fingerprint density at radius 3 is 2.82 bits per heavy atom. The number of benzene rings is 1. The topological polar surface area (TPSA) is 38.8 Å². The summed E-state index contributed by atoms with van der Waals surface area (Å²) in [5.41, 5.74) is 1.99. The van der Waals surface area contributed by atoms with Crippen molar-refractivity contribution in [2.75, 3.05) is 13.1 Å². The molecule has 2 aliphatic heterocycles. The van der Waals surface area contributed by atoms with Gasteiger partial charge in [0, 0.05) is 17.5 Å². The average molecular weight is 303 g/mol. The summed E-state index contributed by atoms with van der Waals surface area (Å²) >= 11 is 0. The van der Waals surface area contributed by atoms with Gasteiger partial charge >= 0.3 is 6.09 Å². The lowest BCUT2D eigenvalue weighted by Crippen LogP contribution is -2.54. The van der Waals surface area contributed by atoms with E-state index in [4.69, 9.17) is 9.47 Å². The van der Waals surface area contributed by atoms with E-state index < -0.39 is 5.60 Å². The van der Waals surface area contributed by atoms with E-state index in [-0.39, 0.29) is 17.6 Å². The minimum Gasteiger partial charge on any atom is -0.487 e. The van der Waals surface area contributed by atoms with Gasteiger partial charge in [-0.25, -0.2) is 4.79 Å². The number of amides is 1. The van der Waals surface area contributed by atoms with Crippen molar-refractivity contribution in [2.24, 2.45) is 0 Å². The molecule has 0 saturated carbocycles. The van der Waals surface area contributed by atoms with Gasteiger partial charge in [-0.15, -0.1) is 0 Å². The number of ether oxygens (including phenoxy) is 2. The van der Waals surface area contributed by atoms with Crippen molar-refractivity contribution < 1.29 is 14.3 Å². The fourth-order valence-corrected chi connectivity index (χ4v) is 3.34. The first-order valence-electron chi connectivity index (χ1n) is 7.95. The smallest absolute Gasteiger partial charge is 0.410 e. The summed E-state index contributed by atoms with van der Waals surface area (Å²) in [6.45, 7) is 11.3. The summed E-state index contributed by atoms with van der Waals surface area (Å²) in [6.07, 6.45) is 0.656. The van der Waals surface area contributed by atoms with Crippen molar-refractivity contribution in [1.82, 2.24) is 4.90 Å². The number of carbonyl (C=O) groups is 1. The Labute approximate surface area is 132 Å². The summed E-state index contributed by atoms with van der Waals surface area (Å²) in [7, 11) is 0. The Balaban J connectivity index is 1.78. The van der Waals surface area contributed by atoms with Crippen LogP contribution in [-0.2, 0) is 10.2 Å². The van der Waals surface area contributed by atoms with Crippen molar-refractivity contribution in [3.05, 3.63) is 29.3 Å². The van der Waals surface area contributed by atoms with E-state index in [1.807, 2.05) is 20.8 Å². The molecule has 1 aromatic carbocycles. The molecule has 0 radical (unpaired) electrons. The van der Waals surface area contributed by atoms with E-state index in [0.29, 0.717) is 13.1 Å². The van der Waals surface area contributed by atoms with Gasteiger partial charge in [0.05, 0.1) is 6.54 Å². The molecule has 2 aliphatic rings. The highest BCUT2D eigenvalue weighted by atomic mass is 16.6. The van der Waals surface area contributed by atoms with E-state index >= 15 is 0 Å². The summed E-state index contributed by atoms with van der Waals surface area (Å²) in [5, 5.41) is 0. The van der Waals surface area contributed by atoms with Crippen LogP contribution in [0.25, 0.3) is 0 Å². The van der Waals surface area contributed by atoms with Crippen LogP contribution in [0.4, 0.5) is 4.79 Å². The molecule has 1 aromatic rings. The largest absolute Gasteiger partial charge is 0.487 e. The van der Waals surface area contributed by atoms with Crippen LogP contribution in [-0.4, -0.2) is 35.8 Å². The highest BCUT2D eigenvalue weighted by Crippen LogP contribution is 2.47. The molecule has 1 saturated heterocycles. The van der Waals surface area contributed by atoms with Crippen LogP contribution in [0.1, 0.15) is 45.2 Å². The van der Waals surface area contributed by atoms with Crippen LogP contribution in [0.15, 0.2) is 18.2 Å². The van der Waals surface area contributed by atoms with Crippen LogP contribution >= 0.6 is 0 Å². The summed E-state index contributed by atoms with van der Waals surface area (Å²) in [6, 6.07) is 6.40. The number of hydrogen-bond donors (Lipinski definition) is 0. The van der Waals surface area contributed by atoms with Gasteiger partial charge < -0.3 is 14.4 Å². The van der Waals surface area contributed by atoms with E-state index in [2.05, 4.69) is 32.0 Å². The quantitative estimate of drug-likeness (QED) is 0.734. The Kier molecular flexibility index (Phi) is 3.38. The van der Waals surface area contributed by atoms with Crippen molar-refractivity contribution in [1.29, 1.82) is 0 Å². The van der Waals surface area contributed by atoms with Crippen molar-refractivity contribution in [3.63, 3.8) is 0 Å². The van der Waals surface area contributed by atoms with E-state index in [1.165, 1.54) is 11.1 Å². The Bertz CT molecular complexity index is 605. The second-order valence-electron chi connectivity index (χ2n) is 7.70. The molecule has 4 nitrogen and oxygen atoms in total. The predicted molar refractivity (Wildman–Crippen MR) is 85.4 cm³/mol. The number of hydrogen-bond acceptors (Lipinski definition) is 3. The Morgan fingerprint density at radius 1 is 1.41 bits per heavy atom. The number of nitrogens with zero attached hydrogens (tertiary/aromatic N) is 1. The van der Waals surface area contributed by atoms with Crippen LogP contribution in [0.2, 0.25) is 0 Å². The van der Waals surface area contributed by atoms with Gasteiger partial charge in [0.25, 0.3) is 0 Å². The van der Waals surface area contributed by atoms with Crippen LogP contribution in [0, 0.1) is 6.92 Å². The lowest BCUT2D eigenvalue weighted by atomic mass is 9.74. The van der Waals surface area contributed by atoms with Gasteiger partial charge in [-0.05, 0) is 45.7 Å². The standard InChI is InChI=1S/C18H25NO3/c1-12-6-7-13-14(10-12)21-15-11-19(9-8-18(13,15)5)16(20)22-17(2,3)4/h6-7,10,15H,8-9,11H2,1-5H3. The number of carbonyl (C=O) groups excluding carboxylic acids is 1. The molecule has 2 unspecified atom stereocenters. The molecule has 0 aliphatic carbocycles.